The van der Waals surface area contributed by atoms with E-state index in [0.717, 1.165) is 18.6 Å². The van der Waals surface area contributed by atoms with E-state index in [2.05, 4.69) is 19.1 Å². The van der Waals surface area contributed by atoms with E-state index in [4.69, 9.17) is 21.1 Å². The predicted molar refractivity (Wildman–Crippen MR) is 86.3 cm³/mol. The minimum atomic E-state index is 0.418. The first-order valence-corrected chi connectivity index (χ1v) is 7.75. The minimum absolute atomic E-state index is 0.418. The zero-order valence-electron chi connectivity index (χ0n) is 12.9. The molecule has 0 fully saturated rings. The smallest absolute Gasteiger partial charge is 0.141 e. The van der Waals surface area contributed by atoms with Gasteiger partial charge in [0.25, 0.3) is 0 Å². The van der Waals surface area contributed by atoms with E-state index in [9.17, 15) is 0 Å². The Kier molecular flexibility index (Phi) is 7.53. The summed E-state index contributed by atoms with van der Waals surface area (Å²) in [4.78, 5) is 0. The van der Waals surface area contributed by atoms with Gasteiger partial charge in [0.15, 0.2) is 0 Å². The molecule has 1 atom stereocenters. The summed E-state index contributed by atoms with van der Waals surface area (Å²) >= 11 is 6.32. The van der Waals surface area contributed by atoms with Crippen molar-refractivity contribution >= 4 is 11.6 Å². The standard InChI is InChI=1S/C17H25ClO2/c1-5-9-10-13(6-2)14-11-15(18)17(20-8-4)12-16(14)19-7-3/h5,9,11-13H,6-8,10H2,1-4H3/b9-5-. The first-order chi connectivity index (χ1) is 9.67. The summed E-state index contributed by atoms with van der Waals surface area (Å²) in [7, 11) is 0. The van der Waals surface area contributed by atoms with Crippen LogP contribution in [0.5, 0.6) is 11.5 Å². The molecule has 2 nitrogen and oxygen atoms in total. The van der Waals surface area contributed by atoms with Gasteiger partial charge in [-0.15, -0.1) is 0 Å². The van der Waals surface area contributed by atoms with Crippen molar-refractivity contribution in [1.82, 2.24) is 0 Å². The lowest BCUT2D eigenvalue weighted by Crippen LogP contribution is -2.04. The van der Waals surface area contributed by atoms with Crippen LogP contribution in [0.25, 0.3) is 0 Å². The van der Waals surface area contributed by atoms with Crippen LogP contribution in [0.4, 0.5) is 0 Å². The predicted octanol–water partition coefficient (Wildman–Crippen LogP) is 5.60. The molecule has 0 heterocycles. The van der Waals surface area contributed by atoms with Gasteiger partial charge < -0.3 is 9.47 Å². The first kappa shape index (κ1) is 16.9. The van der Waals surface area contributed by atoms with Gasteiger partial charge in [-0.25, -0.2) is 0 Å². The Labute approximate surface area is 127 Å². The average Bonchev–Trinajstić information content (AvgIpc) is 2.44. The molecular weight excluding hydrogens is 272 g/mol. The van der Waals surface area contributed by atoms with E-state index in [1.165, 1.54) is 5.56 Å². The van der Waals surface area contributed by atoms with Crippen molar-refractivity contribution in [3.63, 3.8) is 0 Å². The largest absolute Gasteiger partial charge is 0.493 e. The number of allylic oxidation sites excluding steroid dienone is 2. The fraction of sp³-hybridized carbons (Fsp3) is 0.529. The summed E-state index contributed by atoms with van der Waals surface area (Å²) in [5.74, 6) is 2.00. The molecule has 1 aromatic carbocycles. The number of rotatable bonds is 8. The molecular formula is C17H25ClO2. The second-order valence-corrected chi connectivity index (χ2v) is 5.00. The molecule has 0 radical (unpaired) electrons. The highest BCUT2D eigenvalue weighted by Crippen LogP contribution is 2.39. The Morgan fingerprint density at radius 3 is 2.30 bits per heavy atom. The van der Waals surface area contributed by atoms with Crippen molar-refractivity contribution in [1.29, 1.82) is 0 Å². The third-order valence-corrected chi connectivity index (χ3v) is 3.55. The third kappa shape index (κ3) is 4.45. The second-order valence-electron chi connectivity index (χ2n) is 4.60. The average molecular weight is 297 g/mol. The van der Waals surface area contributed by atoms with Crippen molar-refractivity contribution in [3.05, 3.63) is 34.9 Å². The molecule has 1 aromatic rings. The maximum atomic E-state index is 6.32. The van der Waals surface area contributed by atoms with Gasteiger partial charge in [0, 0.05) is 6.07 Å². The number of ether oxygens (including phenoxy) is 2. The van der Waals surface area contributed by atoms with Crippen LogP contribution in [-0.2, 0) is 0 Å². The fourth-order valence-corrected chi connectivity index (χ4v) is 2.46. The van der Waals surface area contributed by atoms with Crippen molar-refractivity contribution in [2.45, 2.75) is 46.5 Å². The Morgan fingerprint density at radius 2 is 1.75 bits per heavy atom. The van der Waals surface area contributed by atoms with Gasteiger partial charge in [0.2, 0.25) is 0 Å². The highest BCUT2D eigenvalue weighted by atomic mass is 35.5. The zero-order valence-corrected chi connectivity index (χ0v) is 13.7. The summed E-state index contributed by atoms with van der Waals surface area (Å²) < 4.78 is 11.3. The Balaban J connectivity index is 3.17. The highest BCUT2D eigenvalue weighted by Gasteiger charge is 2.17. The van der Waals surface area contributed by atoms with E-state index in [1.807, 2.05) is 32.9 Å². The SMILES string of the molecule is C/C=C\CC(CC)c1cc(Cl)c(OCC)cc1OCC. The summed E-state index contributed by atoms with van der Waals surface area (Å²) in [5, 5.41) is 0.657. The molecule has 0 aliphatic carbocycles. The molecule has 0 aliphatic rings. The molecule has 112 valence electrons. The Bertz CT molecular complexity index is 441. The number of halogens is 1. The van der Waals surface area contributed by atoms with E-state index in [1.54, 1.807) is 0 Å². The van der Waals surface area contributed by atoms with Gasteiger partial charge in [-0.3, -0.25) is 0 Å². The second kappa shape index (κ2) is 8.91. The van der Waals surface area contributed by atoms with Gasteiger partial charge in [-0.05, 0) is 51.2 Å². The van der Waals surface area contributed by atoms with E-state index in [0.29, 0.717) is 29.9 Å². The monoisotopic (exact) mass is 296 g/mol. The molecule has 1 rings (SSSR count). The fourth-order valence-electron chi connectivity index (χ4n) is 2.23. The van der Waals surface area contributed by atoms with Crippen molar-refractivity contribution in [2.75, 3.05) is 13.2 Å². The molecule has 0 aromatic heterocycles. The van der Waals surface area contributed by atoms with Gasteiger partial charge >= 0.3 is 0 Å². The molecule has 0 bridgehead atoms. The van der Waals surface area contributed by atoms with Gasteiger partial charge in [0.1, 0.15) is 11.5 Å². The van der Waals surface area contributed by atoms with Crippen LogP contribution in [0.15, 0.2) is 24.3 Å². The lowest BCUT2D eigenvalue weighted by molar-refractivity contribution is 0.319. The molecule has 0 saturated carbocycles. The van der Waals surface area contributed by atoms with Crippen LogP contribution in [0.3, 0.4) is 0 Å². The highest BCUT2D eigenvalue weighted by molar-refractivity contribution is 6.32. The zero-order chi connectivity index (χ0) is 15.0. The Morgan fingerprint density at radius 1 is 1.10 bits per heavy atom. The van der Waals surface area contributed by atoms with Crippen LogP contribution in [-0.4, -0.2) is 13.2 Å². The van der Waals surface area contributed by atoms with E-state index >= 15 is 0 Å². The normalized spacial score (nSPS) is 12.7. The van der Waals surface area contributed by atoms with Crippen molar-refractivity contribution in [3.8, 4) is 11.5 Å². The van der Waals surface area contributed by atoms with Crippen LogP contribution in [0.1, 0.15) is 52.0 Å². The maximum Gasteiger partial charge on any atom is 0.141 e. The van der Waals surface area contributed by atoms with Crippen LogP contribution in [0, 0.1) is 0 Å². The molecule has 0 N–H and O–H groups in total. The minimum Gasteiger partial charge on any atom is -0.493 e. The molecule has 0 amide bonds. The summed E-state index contributed by atoms with van der Waals surface area (Å²) in [5.41, 5.74) is 1.17. The van der Waals surface area contributed by atoms with Crippen LogP contribution in [0.2, 0.25) is 5.02 Å². The number of hydrogen-bond donors (Lipinski definition) is 0. The van der Waals surface area contributed by atoms with Crippen molar-refractivity contribution < 1.29 is 9.47 Å². The molecule has 0 saturated heterocycles. The van der Waals surface area contributed by atoms with Crippen molar-refractivity contribution in [2.24, 2.45) is 0 Å². The van der Waals surface area contributed by atoms with E-state index in [-0.39, 0.29) is 0 Å². The molecule has 3 heteroatoms. The summed E-state index contributed by atoms with van der Waals surface area (Å²) in [6.07, 6.45) is 6.32. The lowest BCUT2D eigenvalue weighted by atomic mass is 9.92. The first-order valence-electron chi connectivity index (χ1n) is 7.37. The molecule has 0 aliphatic heterocycles. The lowest BCUT2D eigenvalue weighted by Gasteiger charge is -2.20. The molecule has 1 unspecified atom stereocenters. The van der Waals surface area contributed by atoms with Gasteiger partial charge in [-0.2, -0.15) is 0 Å². The number of benzene rings is 1. The summed E-state index contributed by atoms with van der Waals surface area (Å²) in [6.45, 7) is 9.41. The van der Waals surface area contributed by atoms with Gasteiger partial charge in [0.05, 0.1) is 18.2 Å². The Hall–Kier alpha value is -1.15. The van der Waals surface area contributed by atoms with Crippen LogP contribution >= 0.6 is 11.6 Å². The van der Waals surface area contributed by atoms with Crippen LogP contribution < -0.4 is 9.47 Å². The topological polar surface area (TPSA) is 18.5 Å². The van der Waals surface area contributed by atoms with E-state index < -0.39 is 0 Å². The maximum absolute atomic E-state index is 6.32. The number of hydrogen-bond acceptors (Lipinski definition) is 2. The quantitative estimate of drug-likeness (QED) is 0.582. The molecule has 0 spiro atoms. The third-order valence-electron chi connectivity index (χ3n) is 3.25. The molecule has 20 heavy (non-hydrogen) atoms. The summed E-state index contributed by atoms with van der Waals surface area (Å²) in [6, 6.07) is 3.91. The van der Waals surface area contributed by atoms with Gasteiger partial charge in [-0.1, -0.05) is 30.7 Å².